The second kappa shape index (κ2) is 12.6. The van der Waals surface area contributed by atoms with Crippen molar-refractivity contribution in [3.05, 3.63) is 24.3 Å². The fourth-order valence-corrected chi connectivity index (χ4v) is 4.15. The highest BCUT2D eigenvalue weighted by atomic mass is 16.5. The average Bonchev–Trinajstić information content (AvgIpc) is 2.73. The van der Waals surface area contributed by atoms with Crippen LogP contribution in [0.5, 0.6) is 5.75 Å². The smallest absolute Gasteiger partial charge is 0.163 e. The second-order valence-corrected chi connectivity index (χ2v) is 11.1. The Bertz CT molecular complexity index is 673. The summed E-state index contributed by atoms with van der Waals surface area (Å²) in [7, 11) is 0. The molecule has 0 amide bonds. The van der Waals surface area contributed by atoms with E-state index in [4.69, 9.17) is 10.5 Å². The first-order valence-corrected chi connectivity index (χ1v) is 12.6. The highest BCUT2D eigenvalue weighted by Gasteiger charge is 2.27. The lowest BCUT2D eigenvalue weighted by Crippen LogP contribution is -2.48. The molecule has 1 fully saturated rings. The van der Waals surface area contributed by atoms with Gasteiger partial charge in [0.05, 0.1) is 19.2 Å². The van der Waals surface area contributed by atoms with Crippen LogP contribution < -0.4 is 15.4 Å². The predicted molar refractivity (Wildman–Crippen MR) is 136 cm³/mol. The van der Waals surface area contributed by atoms with Crippen molar-refractivity contribution < 1.29 is 9.53 Å². The zero-order chi connectivity index (χ0) is 23.7. The van der Waals surface area contributed by atoms with Gasteiger partial charge in [0.15, 0.2) is 5.78 Å². The molecule has 0 radical (unpaired) electrons. The summed E-state index contributed by atoms with van der Waals surface area (Å²) < 4.78 is 5.97. The molecule has 2 N–H and O–H groups in total. The number of carbonyl (C=O) groups is 1. The van der Waals surface area contributed by atoms with Crippen LogP contribution in [0.25, 0.3) is 0 Å². The Morgan fingerprint density at radius 3 is 2.31 bits per heavy atom. The first-order chi connectivity index (χ1) is 15.1. The maximum atomic E-state index is 12.4. The number of benzene rings is 1. The first kappa shape index (κ1) is 26.7. The third kappa shape index (κ3) is 9.11. The molecule has 0 aromatic heterocycles. The number of anilines is 1. The van der Waals surface area contributed by atoms with Gasteiger partial charge in [-0.25, -0.2) is 0 Å². The normalized spacial score (nSPS) is 16.9. The highest BCUT2D eigenvalue weighted by molar-refractivity contribution is 5.85. The van der Waals surface area contributed by atoms with E-state index in [-0.39, 0.29) is 17.2 Å². The van der Waals surface area contributed by atoms with Gasteiger partial charge in [-0.15, -0.1) is 0 Å². The zero-order valence-corrected chi connectivity index (χ0v) is 21.4. The fraction of sp³-hybridized carbons (Fsp3) is 0.741. The first-order valence-electron chi connectivity index (χ1n) is 12.6. The van der Waals surface area contributed by atoms with Crippen molar-refractivity contribution in [3.63, 3.8) is 0 Å². The number of hydrogen-bond donors (Lipinski definition) is 1. The molecular formula is C27H47N3O2. The third-order valence-electron chi connectivity index (χ3n) is 6.18. The van der Waals surface area contributed by atoms with Crippen LogP contribution in [0.4, 0.5) is 5.69 Å². The number of Topliss-reactive ketones (excluding diaryl/α,β-unsaturated/α-hetero) is 1. The van der Waals surface area contributed by atoms with Crippen LogP contribution in [0.1, 0.15) is 73.6 Å². The van der Waals surface area contributed by atoms with E-state index in [0.717, 1.165) is 51.1 Å². The largest absolute Gasteiger partial charge is 0.493 e. The van der Waals surface area contributed by atoms with Crippen molar-refractivity contribution in [2.24, 2.45) is 17.1 Å². The quantitative estimate of drug-likeness (QED) is 0.484. The molecule has 1 aromatic rings. The lowest BCUT2D eigenvalue weighted by molar-refractivity contribution is -0.121. The van der Waals surface area contributed by atoms with Gasteiger partial charge in [-0.05, 0) is 61.3 Å². The van der Waals surface area contributed by atoms with Crippen LogP contribution in [-0.4, -0.2) is 55.6 Å². The van der Waals surface area contributed by atoms with Crippen LogP contribution in [0, 0.1) is 11.3 Å². The average molecular weight is 446 g/mol. The predicted octanol–water partition coefficient (Wildman–Crippen LogP) is 5.12. The summed E-state index contributed by atoms with van der Waals surface area (Å²) in [6.07, 6.45) is 5.08. The summed E-state index contributed by atoms with van der Waals surface area (Å²) in [6.45, 7) is 17.4. The minimum Gasteiger partial charge on any atom is -0.493 e. The van der Waals surface area contributed by atoms with Gasteiger partial charge in [-0.3, -0.25) is 9.69 Å². The molecule has 32 heavy (non-hydrogen) atoms. The summed E-state index contributed by atoms with van der Waals surface area (Å²) >= 11 is 0. The van der Waals surface area contributed by atoms with Crippen LogP contribution in [0.15, 0.2) is 24.3 Å². The number of ketones is 1. The lowest BCUT2D eigenvalue weighted by Gasteiger charge is -2.40. The van der Waals surface area contributed by atoms with Crippen LogP contribution in [-0.2, 0) is 4.79 Å². The van der Waals surface area contributed by atoms with E-state index < -0.39 is 0 Å². The van der Waals surface area contributed by atoms with Crippen molar-refractivity contribution in [1.29, 1.82) is 0 Å². The minimum absolute atomic E-state index is 0.151. The number of rotatable bonds is 12. The molecule has 5 heteroatoms. The van der Waals surface area contributed by atoms with Crippen LogP contribution in [0.3, 0.4) is 0 Å². The Kier molecular flexibility index (Phi) is 10.5. The van der Waals surface area contributed by atoms with E-state index in [0.29, 0.717) is 25.1 Å². The molecule has 0 spiro atoms. The van der Waals surface area contributed by atoms with Gasteiger partial charge in [0.1, 0.15) is 5.75 Å². The van der Waals surface area contributed by atoms with Gasteiger partial charge in [-0.1, -0.05) is 48.0 Å². The number of nitrogens with two attached hydrogens (primary N) is 1. The van der Waals surface area contributed by atoms with E-state index in [1.165, 1.54) is 12.1 Å². The van der Waals surface area contributed by atoms with Crippen molar-refractivity contribution in [3.8, 4) is 5.75 Å². The Morgan fingerprint density at radius 2 is 1.78 bits per heavy atom. The molecule has 1 atom stereocenters. The molecule has 2 rings (SSSR count). The molecule has 1 heterocycles. The zero-order valence-electron chi connectivity index (χ0n) is 21.4. The third-order valence-corrected chi connectivity index (χ3v) is 6.18. The van der Waals surface area contributed by atoms with Gasteiger partial charge in [0.2, 0.25) is 0 Å². The highest BCUT2D eigenvalue weighted by Crippen LogP contribution is 2.27. The van der Waals surface area contributed by atoms with E-state index in [9.17, 15) is 4.79 Å². The maximum absolute atomic E-state index is 12.4. The Labute approximate surface area is 196 Å². The summed E-state index contributed by atoms with van der Waals surface area (Å²) in [5, 5.41) is 0. The molecule has 0 saturated carbocycles. The second-order valence-electron chi connectivity index (χ2n) is 11.1. The van der Waals surface area contributed by atoms with Gasteiger partial charge in [-0.2, -0.15) is 0 Å². The molecular weight excluding hydrogens is 398 g/mol. The summed E-state index contributed by atoms with van der Waals surface area (Å²) in [5.41, 5.74) is 7.45. The fourth-order valence-electron chi connectivity index (χ4n) is 4.15. The maximum Gasteiger partial charge on any atom is 0.163 e. The van der Waals surface area contributed by atoms with Crippen molar-refractivity contribution >= 4 is 11.5 Å². The molecule has 1 saturated heterocycles. The molecule has 0 aliphatic carbocycles. The molecule has 1 aromatic carbocycles. The Morgan fingerprint density at radius 1 is 1.16 bits per heavy atom. The van der Waals surface area contributed by atoms with E-state index in [1.807, 2.05) is 0 Å². The lowest BCUT2D eigenvalue weighted by atomic mass is 9.98. The van der Waals surface area contributed by atoms with Gasteiger partial charge in [0, 0.05) is 31.4 Å². The Balaban J connectivity index is 1.98. The summed E-state index contributed by atoms with van der Waals surface area (Å²) in [4.78, 5) is 17.2. The van der Waals surface area contributed by atoms with Gasteiger partial charge < -0.3 is 15.4 Å². The number of piperidine rings is 1. The minimum atomic E-state index is -0.306. The topological polar surface area (TPSA) is 58.8 Å². The molecule has 5 nitrogen and oxygen atoms in total. The Hall–Kier alpha value is -1.59. The monoisotopic (exact) mass is 445 g/mol. The van der Waals surface area contributed by atoms with E-state index in [1.54, 1.807) is 0 Å². The van der Waals surface area contributed by atoms with E-state index >= 15 is 0 Å². The number of carbonyl (C=O) groups excluding carboxylic acids is 1. The molecule has 182 valence electrons. The summed E-state index contributed by atoms with van der Waals surface area (Å²) in [6, 6.07) is 8.82. The molecule has 0 unspecified atom stereocenters. The number of nitrogens with zero attached hydrogens (tertiary/aromatic N) is 2. The van der Waals surface area contributed by atoms with Crippen molar-refractivity contribution in [2.45, 2.75) is 85.7 Å². The van der Waals surface area contributed by atoms with Crippen molar-refractivity contribution in [1.82, 2.24) is 4.90 Å². The molecule has 1 aliphatic heterocycles. The van der Waals surface area contributed by atoms with Crippen LogP contribution in [0.2, 0.25) is 0 Å². The van der Waals surface area contributed by atoms with Gasteiger partial charge in [0.25, 0.3) is 0 Å². The number of ether oxygens (including phenoxy) is 1. The SMILES string of the molecule is CCC[C@@H](N)C(=O)CN1CCC(N(CCC(C)C)c2ccc(OCC(C)(C)C)cc2)CC1. The molecule has 0 bridgehead atoms. The van der Waals surface area contributed by atoms with E-state index in [2.05, 4.69) is 75.6 Å². The van der Waals surface area contributed by atoms with Gasteiger partial charge >= 0.3 is 0 Å². The van der Waals surface area contributed by atoms with Crippen LogP contribution >= 0.6 is 0 Å². The number of hydrogen-bond acceptors (Lipinski definition) is 5. The summed E-state index contributed by atoms with van der Waals surface area (Å²) in [5.74, 6) is 1.79. The standard InChI is InChI=1S/C27H47N3O2/c1-7-8-25(28)26(31)19-29-16-14-23(15-17-29)30(18-13-21(2)3)22-9-11-24(12-10-22)32-20-27(4,5)6/h9-12,21,23,25H,7-8,13-20,28H2,1-6H3/t25-/m1/s1. The number of likely N-dealkylation sites (tertiary alicyclic amines) is 1. The molecule has 1 aliphatic rings. The van der Waals surface area contributed by atoms with Crippen molar-refractivity contribution in [2.75, 3.05) is 37.7 Å².